The van der Waals surface area contributed by atoms with Gasteiger partial charge >= 0.3 is 5.97 Å². The third kappa shape index (κ3) is 44.8. The minimum atomic E-state index is -4.54. The number of amides is 7. The number of nitrogens with two attached hydrogens (primary N) is 4. The molecule has 0 rings (SSSR count). The van der Waals surface area contributed by atoms with Crippen LogP contribution in [0.2, 0.25) is 0 Å². The van der Waals surface area contributed by atoms with Gasteiger partial charge in [-0.3, -0.25) is 49.2 Å². The maximum atomic E-state index is 14.2. The third-order valence-electron chi connectivity index (χ3n) is 15.4. The fourth-order valence-electron chi connectivity index (χ4n) is 10.6. The zero-order valence-electron chi connectivity index (χ0n) is 63.2. The summed E-state index contributed by atoms with van der Waals surface area (Å²) >= 11 is 0. The highest BCUT2D eigenvalue weighted by molar-refractivity contribution is 7.90. The summed E-state index contributed by atoms with van der Waals surface area (Å²) in [4.78, 5) is 105. The zero-order valence-corrected chi connectivity index (χ0v) is 68.1. The van der Waals surface area contributed by atoms with Crippen molar-refractivity contribution in [2.24, 2.45) is 34.8 Å². The van der Waals surface area contributed by atoms with Gasteiger partial charge in [0, 0.05) is 115 Å². The Hall–Kier alpha value is -6.36. The van der Waals surface area contributed by atoms with Gasteiger partial charge in [0.2, 0.25) is 101 Å². The number of nitrogens with zero attached hydrogens (tertiary/aromatic N) is 6. The Balaban J connectivity index is 6.96. The zero-order chi connectivity index (χ0) is 82.8. The van der Waals surface area contributed by atoms with Crippen LogP contribution in [0.5, 0.6) is 0 Å². The SMILES string of the molecule is CC(=O)N[C@@H](CCC(=O)O)CN(CC(=O)N[C@@H](C)CN(CC(=O)N[C@@H](CCCNC(=N)N)CN(CC(=O)N[C@@H](CC(C)C)CN(CC(=O)N[C@H](CN(CC(=O)N[C@@H](C)CN(CC(=O)N[C@H](C)CCCNC(=N)N)S(=O)(=O)CCN)S(=O)(=O)CC(C)C)C(C)O)S(=O)(=O)CCN)S(C)(=O)=O)S(C)(=O)=O)S(C)(=O)=O. The van der Waals surface area contributed by atoms with E-state index in [1.807, 2.05) is 0 Å². The second kappa shape index (κ2) is 47.6. The van der Waals surface area contributed by atoms with Crippen molar-refractivity contribution in [2.75, 3.05) is 141 Å². The number of carbonyl (C=O) groups is 8. The van der Waals surface area contributed by atoms with E-state index in [9.17, 15) is 94.0 Å². The molecule has 0 fully saturated rings. The van der Waals surface area contributed by atoms with E-state index >= 15 is 0 Å². The highest BCUT2D eigenvalue weighted by Gasteiger charge is 2.36. The second-order valence-electron chi connectivity index (χ2n) is 27.2. The van der Waals surface area contributed by atoms with Crippen LogP contribution in [0, 0.1) is 22.7 Å². The lowest BCUT2D eigenvalue weighted by atomic mass is 10.0. The first-order valence-corrected chi connectivity index (χ1v) is 44.7. The number of sulfonamides is 6. The van der Waals surface area contributed by atoms with Gasteiger partial charge in [-0.1, -0.05) is 27.7 Å². The number of guanidine groups is 2. The number of hydrogen-bond acceptors (Lipinski definition) is 25. The molecule has 0 bridgehead atoms. The van der Waals surface area contributed by atoms with Crippen molar-refractivity contribution in [3.05, 3.63) is 0 Å². The largest absolute Gasteiger partial charge is 0.481 e. The van der Waals surface area contributed by atoms with Gasteiger partial charge in [0.25, 0.3) is 0 Å². The van der Waals surface area contributed by atoms with Gasteiger partial charge < -0.3 is 81.0 Å². The predicted molar refractivity (Wildman–Crippen MR) is 401 cm³/mol. The standard InChI is InChI=1S/C58H119N21O22S6/c1-39(2)25-48(72-54(86)34-75(103(11,92)93)28-46(16-14-22-66-58(63)64)71-53(85)33-74(102(10,90)91)26-42(6)68-50(82)32-76(104(12,94)95)29-47(70-45(9)81)17-18-56(88)89)30-78(106(98,99)24-20-60)37-55(87)73-49(44(8)80)31-79(107(100,101)38-40(3)4)36-52(84)69-43(7)27-77(105(96,97)23-19-59)35-51(83)67-41(5)15-13-21-65-57(61)62/h39-44,46-49,80H,13-38,59-60H2,1-12H3,(H,67,83)(H,68,82)(H,69,84)(H,70,81)(H,71,85)(H,72,86)(H,73,87)(H,88,89)(H4,61,62,65)(H4,63,64,66)/t41-,42+,43+,44?,46+,47+,48+,49-/m1/s1. The average Bonchev–Trinajstić information content (AvgIpc) is 0.841. The van der Waals surface area contributed by atoms with Gasteiger partial charge in [0.1, 0.15) is 0 Å². The number of aliphatic hydroxyl groups is 1. The number of aliphatic hydroxyl groups excluding tert-OH is 1. The molecule has 0 spiro atoms. The summed E-state index contributed by atoms with van der Waals surface area (Å²) in [5, 5.41) is 58.0. The first-order valence-electron chi connectivity index (χ1n) is 34.3. The van der Waals surface area contributed by atoms with Gasteiger partial charge in [-0.05, 0) is 78.1 Å². The number of nitrogens with one attached hydrogen (secondary N) is 11. The van der Waals surface area contributed by atoms with Crippen molar-refractivity contribution in [1.82, 2.24) is 73.7 Å². The van der Waals surface area contributed by atoms with Gasteiger partial charge in [-0.2, -0.15) is 25.8 Å². The average molecular weight is 1660 g/mol. The Morgan fingerprint density at radius 3 is 1.13 bits per heavy atom. The molecule has 0 aliphatic carbocycles. The minimum absolute atomic E-state index is 0.00209. The first kappa shape index (κ1) is 101. The Kier molecular flexibility index (Phi) is 44.8. The Labute approximate surface area is 630 Å². The number of carbonyl (C=O) groups excluding carboxylic acids is 7. The lowest BCUT2D eigenvalue weighted by molar-refractivity contribution is -0.137. The summed E-state index contributed by atoms with van der Waals surface area (Å²) in [5.74, 6) is -11.1. The lowest BCUT2D eigenvalue weighted by Gasteiger charge is -2.32. The molecular weight excluding hydrogens is 1540 g/mol. The quantitative estimate of drug-likeness (QED) is 0.0153. The topological polar surface area (TPSA) is 661 Å². The van der Waals surface area contributed by atoms with Crippen molar-refractivity contribution in [3.63, 3.8) is 0 Å². The van der Waals surface area contributed by atoms with Crippen LogP contribution in [0.15, 0.2) is 0 Å². The highest BCUT2D eigenvalue weighted by atomic mass is 32.2. The molecule has 0 aromatic rings. The molecule has 43 nitrogen and oxygen atoms in total. The molecule has 0 heterocycles. The monoisotopic (exact) mass is 1650 g/mol. The van der Waals surface area contributed by atoms with E-state index < -0.39 is 276 Å². The molecule has 624 valence electrons. The molecule has 49 heteroatoms. The molecule has 0 aliphatic heterocycles. The maximum Gasteiger partial charge on any atom is 0.303 e. The van der Waals surface area contributed by atoms with Crippen molar-refractivity contribution in [3.8, 4) is 0 Å². The summed E-state index contributed by atoms with van der Waals surface area (Å²) in [5.41, 5.74) is 22.0. The highest BCUT2D eigenvalue weighted by Crippen LogP contribution is 2.16. The first-order chi connectivity index (χ1) is 49.0. The van der Waals surface area contributed by atoms with Gasteiger partial charge in [-0.15, -0.1) is 0 Å². The van der Waals surface area contributed by atoms with E-state index in [1.165, 1.54) is 20.8 Å². The van der Waals surface area contributed by atoms with E-state index in [2.05, 4.69) is 47.9 Å². The molecule has 1 unspecified atom stereocenters. The molecule has 0 saturated heterocycles. The van der Waals surface area contributed by atoms with E-state index in [0.29, 0.717) is 40.9 Å². The summed E-state index contributed by atoms with van der Waals surface area (Å²) in [6.45, 7) is 3.58. The summed E-state index contributed by atoms with van der Waals surface area (Å²) in [7, 11) is -26.1. The third-order valence-corrected chi connectivity index (χ3v) is 24.8. The fraction of sp³-hybridized carbons (Fsp3) is 0.828. The number of carboxylic acids is 1. The van der Waals surface area contributed by atoms with Crippen LogP contribution >= 0.6 is 0 Å². The van der Waals surface area contributed by atoms with Crippen molar-refractivity contribution < 1.29 is 99.1 Å². The summed E-state index contributed by atoms with van der Waals surface area (Å²) < 4.78 is 166. The lowest BCUT2D eigenvalue weighted by Crippen LogP contribution is -2.57. The molecule has 21 N–H and O–H groups in total. The Morgan fingerprint density at radius 2 is 0.757 bits per heavy atom. The Morgan fingerprint density at radius 1 is 0.421 bits per heavy atom. The molecule has 7 amide bonds. The number of hydrogen-bond donors (Lipinski definition) is 17. The van der Waals surface area contributed by atoms with E-state index in [0.717, 1.165) is 30.0 Å². The van der Waals surface area contributed by atoms with Crippen LogP contribution in [0.4, 0.5) is 0 Å². The molecule has 8 atom stereocenters. The van der Waals surface area contributed by atoms with Gasteiger partial charge in [0.05, 0.1) is 87.4 Å². The molecule has 0 radical (unpaired) electrons. The van der Waals surface area contributed by atoms with Crippen LogP contribution in [0.3, 0.4) is 0 Å². The molecule has 0 aliphatic rings. The van der Waals surface area contributed by atoms with Crippen molar-refractivity contribution in [2.45, 2.75) is 156 Å². The molecule has 0 aromatic heterocycles. The van der Waals surface area contributed by atoms with Gasteiger partial charge in [0.15, 0.2) is 11.9 Å². The number of carboxylic acid groups (broad SMARTS) is 1. The van der Waals surface area contributed by atoms with Crippen LogP contribution < -0.4 is 70.8 Å². The van der Waals surface area contributed by atoms with E-state index in [1.54, 1.807) is 34.6 Å². The summed E-state index contributed by atoms with van der Waals surface area (Å²) in [6, 6.07) is -7.67. The van der Waals surface area contributed by atoms with Crippen LogP contribution in [0.1, 0.15) is 107 Å². The number of rotatable bonds is 57. The van der Waals surface area contributed by atoms with Crippen molar-refractivity contribution >= 4 is 119 Å². The minimum Gasteiger partial charge on any atom is -0.481 e. The van der Waals surface area contributed by atoms with E-state index in [4.69, 9.17) is 38.9 Å². The maximum absolute atomic E-state index is 14.2. The smallest absolute Gasteiger partial charge is 0.303 e. The normalized spacial score (nSPS) is 14.9. The van der Waals surface area contributed by atoms with Gasteiger partial charge in [-0.25, -0.2) is 50.5 Å². The fourth-order valence-corrected chi connectivity index (χ4v) is 17.4. The molecule has 107 heavy (non-hydrogen) atoms. The summed E-state index contributed by atoms with van der Waals surface area (Å²) in [6.07, 6.45) is 0.865. The molecule has 0 saturated carbocycles. The van der Waals surface area contributed by atoms with Crippen LogP contribution in [0.25, 0.3) is 0 Å². The second-order valence-corrected chi connectivity index (χ2v) is 39.3. The van der Waals surface area contributed by atoms with Crippen LogP contribution in [-0.2, 0) is 98.5 Å². The van der Waals surface area contributed by atoms with Crippen molar-refractivity contribution in [1.29, 1.82) is 10.8 Å². The predicted octanol–water partition coefficient (Wildman–Crippen LogP) is -8.47. The number of aliphatic carboxylic acids is 1. The Bertz CT molecular complexity index is 3640. The molecular formula is C58H119N21O22S6. The molecule has 0 aromatic carbocycles. The van der Waals surface area contributed by atoms with E-state index in [-0.39, 0.29) is 50.7 Å². The van der Waals surface area contributed by atoms with Crippen LogP contribution in [-0.4, -0.2) is 335 Å².